The molecule has 2 aromatic rings. The van der Waals surface area contributed by atoms with E-state index in [4.69, 9.17) is 16.3 Å². The van der Waals surface area contributed by atoms with Crippen molar-refractivity contribution >= 4 is 23.3 Å². The third-order valence-corrected chi connectivity index (χ3v) is 4.08. The molecular formula is C17H19ClN4O2. The number of aromatic nitrogens is 2. The maximum atomic E-state index is 12.2. The van der Waals surface area contributed by atoms with Gasteiger partial charge in [-0.15, -0.1) is 0 Å². The third kappa shape index (κ3) is 4.01. The number of rotatable bonds is 4. The molecule has 1 amide bonds. The normalized spacial score (nSPS) is 14.5. The molecule has 0 bridgehead atoms. The zero-order valence-corrected chi connectivity index (χ0v) is 14.2. The van der Waals surface area contributed by atoms with Crippen molar-refractivity contribution in [3.63, 3.8) is 0 Å². The van der Waals surface area contributed by atoms with Crippen LogP contribution >= 0.6 is 11.6 Å². The number of ether oxygens (including phenoxy) is 1. The van der Waals surface area contributed by atoms with E-state index in [2.05, 4.69) is 20.2 Å². The molecule has 1 fully saturated rings. The highest BCUT2D eigenvalue weighted by Gasteiger charge is 2.15. The summed E-state index contributed by atoms with van der Waals surface area (Å²) in [4.78, 5) is 23.4. The van der Waals surface area contributed by atoms with Crippen LogP contribution in [0.5, 0.6) is 0 Å². The number of morpholine rings is 1. The number of carbonyl (C=O) groups excluding carboxylic acids is 1. The van der Waals surface area contributed by atoms with Gasteiger partial charge in [-0.25, -0.2) is 9.97 Å². The molecule has 3 rings (SSSR count). The van der Waals surface area contributed by atoms with Crippen molar-refractivity contribution in [1.82, 2.24) is 15.3 Å². The van der Waals surface area contributed by atoms with Gasteiger partial charge in [-0.3, -0.25) is 4.79 Å². The molecule has 1 aliphatic heterocycles. The summed E-state index contributed by atoms with van der Waals surface area (Å²) in [6, 6.07) is 8.90. The summed E-state index contributed by atoms with van der Waals surface area (Å²) in [5.74, 6) is 1.21. The lowest BCUT2D eigenvalue weighted by atomic mass is 10.2. The molecule has 0 aliphatic carbocycles. The van der Waals surface area contributed by atoms with Crippen LogP contribution in [0.1, 0.15) is 21.9 Å². The molecule has 2 heterocycles. The minimum atomic E-state index is -0.237. The Labute approximate surface area is 145 Å². The molecular weight excluding hydrogens is 328 g/mol. The van der Waals surface area contributed by atoms with Gasteiger partial charge < -0.3 is 15.0 Å². The van der Waals surface area contributed by atoms with E-state index in [9.17, 15) is 4.79 Å². The van der Waals surface area contributed by atoms with Gasteiger partial charge in [-0.05, 0) is 19.1 Å². The lowest BCUT2D eigenvalue weighted by Gasteiger charge is -2.28. The molecule has 6 nitrogen and oxygen atoms in total. The van der Waals surface area contributed by atoms with Crippen molar-refractivity contribution in [2.24, 2.45) is 0 Å². The second-order valence-corrected chi connectivity index (χ2v) is 5.95. The molecule has 0 unspecified atom stereocenters. The number of halogens is 1. The number of benzene rings is 1. The highest BCUT2D eigenvalue weighted by Crippen LogP contribution is 2.16. The van der Waals surface area contributed by atoms with Gasteiger partial charge in [0, 0.05) is 24.8 Å². The van der Waals surface area contributed by atoms with Crippen molar-refractivity contribution in [3.05, 3.63) is 52.4 Å². The van der Waals surface area contributed by atoms with Gasteiger partial charge in [0.25, 0.3) is 5.91 Å². The molecule has 1 aromatic carbocycles. The fourth-order valence-corrected chi connectivity index (χ4v) is 2.77. The Morgan fingerprint density at radius 1 is 1.29 bits per heavy atom. The van der Waals surface area contributed by atoms with Crippen LogP contribution < -0.4 is 10.2 Å². The van der Waals surface area contributed by atoms with Gasteiger partial charge in [-0.1, -0.05) is 23.7 Å². The summed E-state index contributed by atoms with van der Waals surface area (Å²) in [5, 5.41) is 3.25. The van der Waals surface area contributed by atoms with E-state index in [1.807, 2.05) is 13.0 Å². The number of carbonyl (C=O) groups is 1. The first-order valence-electron chi connectivity index (χ1n) is 7.83. The third-order valence-electron chi connectivity index (χ3n) is 3.75. The Bertz CT molecular complexity index is 732. The molecule has 24 heavy (non-hydrogen) atoms. The van der Waals surface area contributed by atoms with Gasteiger partial charge in [0.2, 0.25) is 0 Å². The first kappa shape index (κ1) is 16.7. The number of amides is 1. The van der Waals surface area contributed by atoms with Crippen LogP contribution in [-0.2, 0) is 11.3 Å². The first-order chi connectivity index (χ1) is 11.6. The minimum absolute atomic E-state index is 0.237. The van der Waals surface area contributed by atoms with E-state index in [-0.39, 0.29) is 12.5 Å². The largest absolute Gasteiger partial charge is 0.378 e. The number of hydrogen-bond acceptors (Lipinski definition) is 5. The Hall–Kier alpha value is -2.18. The highest BCUT2D eigenvalue weighted by molar-refractivity contribution is 6.33. The van der Waals surface area contributed by atoms with E-state index in [0.29, 0.717) is 29.6 Å². The molecule has 1 saturated heterocycles. The summed E-state index contributed by atoms with van der Waals surface area (Å²) in [7, 11) is 0. The second kappa shape index (κ2) is 7.59. The van der Waals surface area contributed by atoms with Gasteiger partial charge in [-0.2, -0.15) is 0 Å². The van der Waals surface area contributed by atoms with Crippen molar-refractivity contribution in [3.8, 4) is 0 Å². The SMILES string of the molecule is Cc1cc(N2CCOCC2)nc(CNC(=O)c2ccccc2Cl)n1. The predicted octanol–water partition coefficient (Wildman–Crippen LogP) is 2.21. The van der Waals surface area contributed by atoms with Gasteiger partial charge in [0.1, 0.15) is 11.6 Å². The fourth-order valence-electron chi connectivity index (χ4n) is 2.55. The molecule has 1 aliphatic rings. The first-order valence-corrected chi connectivity index (χ1v) is 8.21. The Morgan fingerprint density at radius 2 is 2.04 bits per heavy atom. The summed E-state index contributed by atoms with van der Waals surface area (Å²) in [6.07, 6.45) is 0. The van der Waals surface area contributed by atoms with Crippen molar-refractivity contribution in [2.45, 2.75) is 13.5 Å². The maximum absolute atomic E-state index is 12.2. The van der Waals surface area contributed by atoms with Gasteiger partial charge in [0.15, 0.2) is 0 Å². The number of aryl methyl sites for hydroxylation is 1. The maximum Gasteiger partial charge on any atom is 0.253 e. The number of anilines is 1. The van der Waals surface area contributed by atoms with Crippen molar-refractivity contribution < 1.29 is 9.53 Å². The quantitative estimate of drug-likeness (QED) is 0.919. The van der Waals surface area contributed by atoms with E-state index in [1.54, 1.807) is 24.3 Å². The van der Waals surface area contributed by atoms with Crippen molar-refractivity contribution in [2.75, 3.05) is 31.2 Å². The lowest BCUT2D eigenvalue weighted by molar-refractivity contribution is 0.0950. The zero-order chi connectivity index (χ0) is 16.9. The lowest BCUT2D eigenvalue weighted by Crippen LogP contribution is -2.37. The molecule has 0 atom stereocenters. The fraction of sp³-hybridized carbons (Fsp3) is 0.353. The molecule has 0 radical (unpaired) electrons. The van der Waals surface area contributed by atoms with Crippen LogP contribution in [0.25, 0.3) is 0 Å². The zero-order valence-electron chi connectivity index (χ0n) is 13.5. The standard InChI is InChI=1S/C17H19ClN4O2/c1-12-10-16(22-6-8-24-9-7-22)21-15(20-12)11-19-17(23)13-4-2-3-5-14(13)18/h2-5,10H,6-9,11H2,1H3,(H,19,23). The van der Waals surface area contributed by atoms with Crippen LogP contribution in [0, 0.1) is 6.92 Å². The monoisotopic (exact) mass is 346 g/mol. The Kier molecular flexibility index (Phi) is 5.27. The number of hydrogen-bond donors (Lipinski definition) is 1. The molecule has 0 spiro atoms. The number of nitrogens with zero attached hydrogens (tertiary/aromatic N) is 3. The summed E-state index contributed by atoms with van der Waals surface area (Å²) in [6.45, 7) is 5.18. The smallest absolute Gasteiger partial charge is 0.253 e. The summed E-state index contributed by atoms with van der Waals surface area (Å²) in [5.41, 5.74) is 1.31. The molecule has 126 valence electrons. The average Bonchev–Trinajstić information content (AvgIpc) is 2.60. The summed E-state index contributed by atoms with van der Waals surface area (Å²) < 4.78 is 5.37. The Morgan fingerprint density at radius 3 is 2.79 bits per heavy atom. The van der Waals surface area contributed by atoms with E-state index < -0.39 is 0 Å². The van der Waals surface area contributed by atoms with Crippen LogP contribution in [0.3, 0.4) is 0 Å². The van der Waals surface area contributed by atoms with Gasteiger partial charge >= 0.3 is 0 Å². The average molecular weight is 347 g/mol. The molecule has 0 saturated carbocycles. The van der Waals surface area contributed by atoms with Crippen LogP contribution in [0.15, 0.2) is 30.3 Å². The Balaban J connectivity index is 1.70. The van der Waals surface area contributed by atoms with E-state index >= 15 is 0 Å². The second-order valence-electron chi connectivity index (χ2n) is 5.55. The van der Waals surface area contributed by atoms with Crippen LogP contribution in [0.2, 0.25) is 5.02 Å². The molecule has 7 heteroatoms. The summed E-state index contributed by atoms with van der Waals surface area (Å²) >= 11 is 6.04. The van der Waals surface area contributed by atoms with Crippen molar-refractivity contribution in [1.29, 1.82) is 0 Å². The topological polar surface area (TPSA) is 67.3 Å². The minimum Gasteiger partial charge on any atom is -0.378 e. The molecule has 1 N–H and O–H groups in total. The predicted molar refractivity (Wildman–Crippen MR) is 92.4 cm³/mol. The van der Waals surface area contributed by atoms with Crippen LogP contribution in [0.4, 0.5) is 5.82 Å². The molecule has 1 aromatic heterocycles. The van der Waals surface area contributed by atoms with Crippen LogP contribution in [-0.4, -0.2) is 42.2 Å². The van der Waals surface area contributed by atoms with Gasteiger partial charge in [0.05, 0.1) is 30.3 Å². The van der Waals surface area contributed by atoms with E-state index in [1.165, 1.54) is 0 Å². The number of nitrogens with one attached hydrogen (secondary N) is 1. The highest BCUT2D eigenvalue weighted by atomic mass is 35.5. The van der Waals surface area contributed by atoms with E-state index in [0.717, 1.165) is 24.6 Å².